The van der Waals surface area contributed by atoms with E-state index in [0.29, 0.717) is 0 Å². The van der Waals surface area contributed by atoms with Crippen molar-refractivity contribution in [1.82, 2.24) is 0 Å². The summed E-state index contributed by atoms with van der Waals surface area (Å²) in [6.45, 7) is 0. The molecular formula is H4O6SV. The molecule has 8 heavy (non-hydrogen) atoms. The fraction of sp³-hybridized carbons (Fsp3) is 0. The van der Waals surface area contributed by atoms with Crippen molar-refractivity contribution >= 4 is 10.4 Å². The van der Waals surface area contributed by atoms with E-state index < -0.39 is 10.4 Å². The molecule has 0 saturated heterocycles. The quantitative estimate of drug-likeness (QED) is 0.290. The standard InChI is InChI=1S/H2O5S.H2O.V/c1-5-6(2,3)4;;/h1H,(H,2,3,4);1H2;. The van der Waals surface area contributed by atoms with Crippen LogP contribution < -0.4 is 0 Å². The SMILES string of the molecule is O.O=S(=O)(O)OO.[V]. The molecule has 0 heterocycles. The minimum atomic E-state index is -4.61. The van der Waals surface area contributed by atoms with Crippen LogP contribution in [0.5, 0.6) is 0 Å². The molecule has 0 spiro atoms. The average Bonchev–Trinajstić information content (AvgIpc) is 1.35. The largest absolute Gasteiger partial charge is 0.423 e. The Morgan fingerprint density at radius 1 is 1.38 bits per heavy atom. The molecule has 0 atom stereocenters. The van der Waals surface area contributed by atoms with Gasteiger partial charge in [-0.05, 0) is 0 Å². The maximum absolute atomic E-state index is 9.08. The molecule has 0 saturated carbocycles. The van der Waals surface area contributed by atoms with Crippen LogP contribution in [0.3, 0.4) is 0 Å². The molecular weight excluding hydrogens is 179 g/mol. The van der Waals surface area contributed by atoms with E-state index in [0.717, 1.165) is 0 Å². The summed E-state index contributed by atoms with van der Waals surface area (Å²) in [5.74, 6) is 0. The van der Waals surface area contributed by atoms with E-state index in [4.69, 9.17) is 18.2 Å². The van der Waals surface area contributed by atoms with E-state index in [-0.39, 0.29) is 24.0 Å². The van der Waals surface area contributed by atoms with E-state index in [1.807, 2.05) is 0 Å². The van der Waals surface area contributed by atoms with E-state index in [9.17, 15) is 0 Å². The van der Waals surface area contributed by atoms with Gasteiger partial charge in [0.05, 0.1) is 0 Å². The maximum Gasteiger partial charge on any atom is 0.423 e. The molecule has 51 valence electrons. The van der Waals surface area contributed by atoms with Crippen molar-refractivity contribution in [2.75, 3.05) is 0 Å². The molecule has 1 radical (unpaired) electrons. The van der Waals surface area contributed by atoms with Gasteiger partial charge in [-0.15, -0.1) is 0 Å². The van der Waals surface area contributed by atoms with Gasteiger partial charge in [0.25, 0.3) is 0 Å². The average molecular weight is 183 g/mol. The molecule has 0 bridgehead atoms. The molecule has 0 aromatic carbocycles. The first-order chi connectivity index (χ1) is 2.56. The van der Waals surface area contributed by atoms with E-state index >= 15 is 0 Å². The minimum absolute atomic E-state index is 0. The molecule has 0 aromatic heterocycles. The zero-order valence-corrected chi connectivity index (χ0v) is 5.69. The third kappa shape index (κ3) is 16.2. The van der Waals surface area contributed by atoms with Gasteiger partial charge in [-0.25, -0.2) is 5.26 Å². The Morgan fingerprint density at radius 3 is 1.50 bits per heavy atom. The van der Waals surface area contributed by atoms with Crippen LogP contribution in [0, 0.1) is 0 Å². The summed E-state index contributed by atoms with van der Waals surface area (Å²) in [6.07, 6.45) is 0. The van der Waals surface area contributed by atoms with Gasteiger partial charge in [-0.2, -0.15) is 8.42 Å². The fourth-order valence-corrected chi connectivity index (χ4v) is 0. The van der Waals surface area contributed by atoms with Gasteiger partial charge in [0.2, 0.25) is 0 Å². The summed E-state index contributed by atoms with van der Waals surface area (Å²) in [7, 11) is -4.61. The van der Waals surface area contributed by atoms with Crippen LogP contribution >= 0.6 is 0 Å². The van der Waals surface area contributed by atoms with Gasteiger partial charge in [-0.1, -0.05) is 4.33 Å². The van der Waals surface area contributed by atoms with Gasteiger partial charge in [0.15, 0.2) is 0 Å². The van der Waals surface area contributed by atoms with Crippen LogP contribution in [0.25, 0.3) is 0 Å². The first kappa shape index (κ1) is 15.8. The third-order valence-corrected chi connectivity index (χ3v) is 0.283. The van der Waals surface area contributed by atoms with Crippen molar-refractivity contribution in [2.24, 2.45) is 0 Å². The molecule has 0 aliphatic carbocycles. The second-order valence-corrected chi connectivity index (χ2v) is 1.51. The first-order valence-electron chi connectivity index (χ1n) is 0.865. The van der Waals surface area contributed by atoms with Crippen LogP contribution in [0.4, 0.5) is 0 Å². The Hall–Kier alpha value is 0.374. The summed E-state index contributed by atoms with van der Waals surface area (Å²) < 4.78 is 28.0. The summed E-state index contributed by atoms with van der Waals surface area (Å²) >= 11 is 0. The van der Waals surface area contributed by atoms with Crippen LogP contribution in [-0.2, 0) is 33.3 Å². The minimum Gasteiger partial charge on any atom is -0.412 e. The summed E-state index contributed by atoms with van der Waals surface area (Å²) in [4.78, 5) is 0. The molecule has 0 rings (SSSR count). The zero-order valence-electron chi connectivity index (χ0n) is 3.47. The Morgan fingerprint density at radius 2 is 1.50 bits per heavy atom. The van der Waals surface area contributed by atoms with Crippen molar-refractivity contribution in [2.45, 2.75) is 0 Å². The predicted molar refractivity (Wildman–Crippen MR) is 18.9 cm³/mol. The number of rotatable bonds is 1. The van der Waals surface area contributed by atoms with Crippen molar-refractivity contribution in [3.05, 3.63) is 0 Å². The van der Waals surface area contributed by atoms with Crippen LogP contribution in [0.2, 0.25) is 0 Å². The molecule has 0 unspecified atom stereocenters. The van der Waals surface area contributed by atoms with Crippen LogP contribution in [0.15, 0.2) is 0 Å². The monoisotopic (exact) mass is 183 g/mol. The van der Waals surface area contributed by atoms with Crippen molar-refractivity contribution < 1.29 is 46.6 Å². The van der Waals surface area contributed by atoms with Gasteiger partial charge in [0, 0.05) is 18.6 Å². The summed E-state index contributed by atoms with van der Waals surface area (Å²) in [6, 6.07) is 0. The molecule has 0 fully saturated rings. The Labute approximate surface area is 57.5 Å². The van der Waals surface area contributed by atoms with E-state index in [2.05, 4.69) is 4.33 Å². The van der Waals surface area contributed by atoms with E-state index in [1.54, 1.807) is 0 Å². The normalized spacial score (nSPS) is 8.75. The maximum atomic E-state index is 9.08. The molecule has 0 aliphatic rings. The van der Waals surface area contributed by atoms with Crippen molar-refractivity contribution in [1.29, 1.82) is 0 Å². The van der Waals surface area contributed by atoms with Crippen molar-refractivity contribution in [3.63, 3.8) is 0 Å². The van der Waals surface area contributed by atoms with Gasteiger partial charge < -0.3 is 5.48 Å². The Balaban J connectivity index is -0.000000125. The molecule has 4 N–H and O–H groups in total. The topological polar surface area (TPSA) is 115 Å². The van der Waals surface area contributed by atoms with Crippen LogP contribution in [0.1, 0.15) is 0 Å². The molecule has 0 aromatic rings. The predicted octanol–water partition coefficient (Wildman–Crippen LogP) is -1.55. The second-order valence-electron chi connectivity index (χ2n) is 0.502. The summed E-state index contributed by atoms with van der Waals surface area (Å²) in [5.41, 5.74) is 0. The van der Waals surface area contributed by atoms with Crippen LogP contribution in [-0.4, -0.2) is 23.7 Å². The Kier molecular flexibility index (Phi) is 10.9. The molecule has 6 nitrogen and oxygen atoms in total. The molecule has 0 amide bonds. The summed E-state index contributed by atoms with van der Waals surface area (Å²) in [5, 5.41) is 7.06. The zero-order chi connectivity index (χ0) is 5.21. The van der Waals surface area contributed by atoms with E-state index in [1.165, 1.54) is 0 Å². The molecule has 8 heteroatoms. The number of hydrogen-bond donors (Lipinski definition) is 2. The molecule has 0 aliphatic heterocycles. The fourth-order valence-electron chi connectivity index (χ4n) is 0. The Bertz CT molecular complexity index is 110. The van der Waals surface area contributed by atoms with Gasteiger partial charge in [-0.3, -0.25) is 4.55 Å². The smallest absolute Gasteiger partial charge is 0.412 e. The first-order valence-corrected chi connectivity index (χ1v) is 2.23. The van der Waals surface area contributed by atoms with Crippen molar-refractivity contribution in [3.8, 4) is 0 Å². The number of hydrogen-bond acceptors (Lipinski definition) is 4. The van der Waals surface area contributed by atoms with Gasteiger partial charge in [0.1, 0.15) is 0 Å². The second kappa shape index (κ2) is 5.51. The van der Waals surface area contributed by atoms with Gasteiger partial charge >= 0.3 is 10.4 Å². The third-order valence-electron chi connectivity index (χ3n) is 0.0942.